The lowest BCUT2D eigenvalue weighted by Crippen LogP contribution is -2.17. The maximum absolute atomic E-state index is 7.21. The summed E-state index contributed by atoms with van der Waals surface area (Å²) in [4.78, 5) is 4.88. The van der Waals surface area contributed by atoms with Crippen molar-refractivity contribution in [2.24, 2.45) is 5.92 Å². The number of hydrogen-bond donors (Lipinski definition) is 0. The van der Waals surface area contributed by atoms with Crippen LogP contribution < -0.4 is 14.5 Å². The van der Waals surface area contributed by atoms with Crippen molar-refractivity contribution in [3.8, 4) is 5.75 Å². The summed E-state index contributed by atoms with van der Waals surface area (Å²) in [6.45, 7) is 13.4. The molecule has 2 fully saturated rings. The van der Waals surface area contributed by atoms with Crippen LogP contribution in [0, 0.1) is 12.8 Å². The van der Waals surface area contributed by atoms with E-state index in [0.717, 1.165) is 68.3 Å². The molecule has 72 heavy (non-hydrogen) atoms. The van der Waals surface area contributed by atoms with Crippen molar-refractivity contribution in [3.63, 3.8) is 0 Å². The Morgan fingerprint density at radius 2 is 1.25 bits per heavy atom. The maximum Gasteiger partial charge on any atom is 0.159 e. The molecule has 2 saturated carbocycles. The third-order valence-electron chi connectivity index (χ3n) is 16.1. The molecule has 2 aliphatic rings. The zero-order valence-electron chi connectivity index (χ0n) is 42.9. The third-order valence-corrected chi connectivity index (χ3v) is 16.1. The van der Waals surface area contributed by atoms with Crippen LogP contribution in [0.5, 0.6) is 5.75 Å². The van der Waals surface area contributed by atoms with Gasteiger partial charge in [0.15, 0.2) is 11.3 Å². The average Bonchev–Trinajstić information content (AvgIpc) is 3.82. The number of furan rings is 1. The van der Waals surface area contributed by atoms with Crippen LogP contribution in [0.4, 0.5) is 28.4 Å². The largest absolute Gasteiger partial charge is 0.494 e. The number of methoxy groups -OCH3 is 1. The lowest BCUT2D eigenvalue weighted by Gasteiger charge is -2.31. The van der Waals surface area contributed by atoms with E-state index in [2.05, 4.69) is 208 Å². The molecule has 362 valence electrons. The molecule has 4 nitrogen and oxygen atoms in total. The van der Waals surface area contributed by atoms with Crippen molar-refractivity contribution in [2.75, 3.05) is 16.9 Å². The van der Waals surface area contributed by atoms with E-state index >= 15 is 0 Å². The van der Waals surface area contributed by atoms with Gasteiger partial charge >= 0.3 is 0 Å². The van der Waals surface area contributed by atoms with Gasteiger partial charge in [0.05, 0.1) is 29.9 Å². The van der Waals surface area contributed by atoms with E-state index < -0.39 is 0 Å². The predicted octanol–water partition coefficient (Wildman–Crippen LogP) is 20.4. The van der Waals surface area contributed by atoms with Gasteiger partial charge in [-0.2, -0.15) is 0 Å². The van der Waals surface area contributed by atoms with E-state index in [1.807, 2.05) is 0 Å². The minimum absolute atomic E-state index is 0.529. The lowest BCUT2D eigenvalue weighted by molar-refractivity contribution is 0.403. The van der Waals surface area contributed by atoms with Gasteiger partial charge in [0.2, 0.25) is 0 Å². The maximum atomic E-state index is 7.21. The highest BCUT2D eigenvalue weighted by molar-refractivity contribution is 6.28. The molecule has 8 aromatic carbocycles. The summed E-state index contributed by atoms with van der Waals surface area (Å²) in [5, 5.41) is 9.60. The van der Waals surface area contributed by atoms with Crippen molar-refractivity contribution in [2.45, 2.75) is 104 Å². The van der Waals surface area contributed by atoms with E-state index in [0.29, 0.717) is 11.8 Å². The summed E-state index contributed by atoms with van der Waals surface area (Å²) in [5.41, 5.74) is 14.3. The summed E-state index contributed by atoms with van der Waals surface area (Å²) in [6.07, 6.45) is 26.9. The van der Waals surface area contributed by atoms with Crippen LogP contribution in [0.15, 0.2) is 186 Å². The van der Waals surface area contributed by atoms with E-state index in [9.17, 15) is 0 Å². The van der Waals surface area contributed by atoms with Gasteiger partial charge < -0.3 is 19.0 Å². The van der Waals surface area contributed by atoms with E-state index in [4.69, 9.17) is 9.15 Å². The summed E-state index contributed by atoms with van der Waals surface area (Å²) in [6, 6.07) is 47.2. The molecule has 0 unspecified atom stereocenters. The first-order chi connectivity index (χ1) is 35.4. The lowest BCUT2D eigenvalue weighted by atomic mass is 9.83. The van der Waals surface area contributed by atoms with Crippen LogP contribution in [0.1, 0.15) is 114 Å². The second kappa shape index (κ2) is 20.4. The Labute approximate surface area is 426 Å². The number of hydrogen-bond acceptors (Lipinski definition) is 4. The first kappa shape index (κ1) is 47.0. The number of allylic oxidation sites excluding steroid dienone is 9. The molecular weight excluding hydrogens is 877 g/mol. The Morgan fingerprint density at radius 1 is 0.625 bits per heavy atom. The number of aryl methyl sites for hydroxylation is 1. The fraction of sp³-hybridized carbons (Fsp3) is 0.265. The molecule has 0 N–H and O–H groups in total. The van der Waals surface area contributed by atoms with E-state index in [-0.39, 0.29) is 0 Å². The van der Waals surface area contributed by atoms with Gasteiger partial charge in [-0.1, -0.05) is 185 Å². The van der Waals surface area contributed by atoms with Crippen LogP contribution in [-0.4, -0.2) is 7.11 Å². The average molecular weight is 945 g/mol. The molecule has 9 aromatic rings. The summed E-state index contributed by atoms with van der Waals surface area (Å²) in [5.74, 6) is 2.00. The van der Waals surface area contributed by atoms with Gasteiger partial charge in [-0.05, 0) is 139 Å². The number of rotatable bonds is 14. The number of anilines is 5. The number of nitrogens with zero attached hydrogens (tertiary/aromatic N) is 2. The summed E-state index contributed by atoms with van der Waals surface area (Å²) in [7, 11) is 1.79. The van der Waals surface area contributed by atoms with Crippen molar-refractivity contribution < 1.29 is 9.15 Å². The van der Waals surface area contributed by atoms with E-state index in [1.54, 1.807) is 7.11 Å². The fourth-order valence-electron chi connectivity index (χ4n) is 12.4. The normalized spacial score (nSPS) is 15.6. The summed E-state index contributed by atoms with van der Waals surface area (Å²) < 4.78 is 13.7. The molecule has 4 heteroatoms. The van der Waals surface area contributed by atoms with Crippen LogP contribution in [0.3, 0.4) is 0 Å². The van der Waals surface area contributed by atoms with Gasteiger partial charge in [0, 0.05) is 38.5 Å². The van der Waals surface area contributed by atoms with Crippen LogP contribution in [0.2, 0.25) is 0 Å². The molecule has 0 saturated heterocycles. The Kier molecular flexibility index (Phi) is 13.4. The molecule has 0 atom stereocenters. The number of para-hydroxylation sites is 4. The predicted molar refractivity (Wildman–Crippen MR) is 309 cm³/mol. The van der Waals surface area contributed by atoms with Crippen LogP contribution in [-0.2, 0) is 0 Å². The summed E-state index contributed by atoms with van der Waals surface area (Å²) >= 11 is 0. The minimum Gasteiger partial charge on any atom is -0.494 e. The number of fused-ring (bicyclic) bond motifs is 3. The van der Waals surface area contributed by atoms with Gasteiger partial charge in [-0.3, -0.25) is 0 Å². The van der Waals surface area contributed by atoms with Crippen LogP contribution >= 0.6 is 0 Å². The Bertz CT molecular complexity index is 3590. The minimum atomic E-state index is 0.529. The smallest absolute Gasteiger partial charge is 0.159 e. The molecule has 0 bridgehead atoms. The van der Waals surface area contributed by atoms with Crippen LogP contribution in [0.25, 0.3) is 59.8 Å². The second-order valence-electron chi connectivity index (χ2n) is 20.4. The quantitative estimate of drug-likeness (QED) is 0.0802. The Hall–Kier alpha value is -7.30. The number of ether oxygens (including phenoxy) is 1. The molecule has 0 aliphatic heterocycles. The van der Waals surface area contributed by atoms with Crippen molar-refractivity contribution in [3.05, 3.63) is 198 Å². The molecule has 0 radical (unpaired) electrons. The highest BCUT2D eigenvalue weighted by Gasteiger charge is 2.28. The van der Waals surface area contributed by atoms with Gasteiger partial charge in [0.25, 0.3) is 0 Å². The monoisotopic (exact) mass is 945 g/mol. The molecule has 11 rings (SSSR count). The SMILES string of the molecule is C=C(/C=C\C=C(/C)C1CCCCC1)c1cccc(N(c2ccccc2C)c2ccc3ccc4c(N(/C(=C/C=C\C)CC)c5cccc6c5oc5c(C7CCCCC7)cccc56)ccc5ccc2c3c54)c1OC. The zero-order chi connectivity index (χ0) is 49.3. The molecular formula is C68H68N2O2. The Morgan fingerprint density at radius 3 is 1.96 bits per heavy atom. The van der Waals surface area contributed by atoms with Crippen molar-refractivity contribution in [1.82, 2.24) is 0 Å². The fourth-order valence-corrected chi connectivity index (χ4v) is 12.4. The molecule has 2 aliphatic carbocycles. The third kappa shape index (κ3) is 8.49. The molecule has 1 heterocycles. The van der Waals surface area contributed by atoms with Gasteiger partial charge in [-0.15, -0.1) is 0 Å². The molecule has 0 amide bonds. The molecule has 0 spiro atoms. The first-order valence-electron chi connectivity index (χ1n) is 26.7. The topological polar surface area (TPSA) is 28.9 Å². The zero-order valence-corrected chi connectivity index (χ0v) is 42.9. The first-order valence-corrected chi connectivity index (χ1v) is 26.7. The molecule has 1 aromatic heterocycles. The second-order valence-corrected chi connectivity index (χ2v) is 20.4. The Balaban J connectivity index is 1.09. The number of benzene rings is 8. The van der Waals surface area contributed by atoms with Crippen molar-refractivity contribution >= 4 is 88.3 Å². The standard InChI is InChI=1S/C68H68N2O2/c1-7-9-29-52(8-2)69(63-36-21-33-56-55-32-19-31-54(66(55)72-68(56)63)49-27-14-11-15-28-49)60-43-39-50-38-42-58-61(44-40-51-37-41-57(60)64(50)65(51)58)70(59-34-17-16-22-47(59)5)62-35-20-30-53(67(62)71-6)46(4)24-18-23-45(3)48-25-12-10-13-26-48/h7,9,16-24,29-44,48-49H,4,8,10-15,25-28H2,1-3,5-6H3/b9-7-,24-18-,45-23+,52-29+. The van der Waals surface area contributed by atoms with Gasteiger partial charge in [-0.25, -0.2) is 0 Å². The highest BCUT2D eigenvalue weighted by atomic mass is 16.5. The van der Waals surface area contributed by atoms with Gasteiger partial charge in [0.1, 0.15) is 5.58 Å². The van der Waals surface area contributed by atoms with Crippen molar-refractivity contribution in [1.29, 1.82) is 0 Å². The van der Waals surface area contributed by atoms with E-state index in [1.165, 1.54) is 124 Å². The highest BCUT2D eigenvalue weighted by Crippen LogP contribution is 2.51.